The zero-order valence-corrected chi connectivity index (χ0v) is 12.1. The van der Waals surface area contributed by atoms with Crippen LogP contribution in [0.5, 0.6) is 0 Å². The standard InChI is InChI=1S/C15H17ClN2O2/c1-9(19)10-4-5-13(12(16)7-10)18-6-2-3-11-14(18)8-17-15(11)20/h4-5,7,11,14H,2-3,6,8H2,1H3,(H,17,20). The van der Waals surface area contributed by atoms with Crippen LogP contribution in [0.4, 0.5) is 5.69 Å². The Hall–Kier alpha value is -1.55. The van der Waals surface area contributed by atoms with Crippen LogP contribution in [0.15, 0.2) is 18.2 Å². The predicted octanol–water partition coefficient (Wildman–Crippen LogP) is 2.26. The molecule has 0 bridgehead atoms. The van der Waals surface area contributed by atoms with Crippen LogP contribution in [0.1, 0.15) is 30.1 Å². The number of fused-ring (bicyclic) bond motifs is 1. The molecule has 20 heavy (non-hydrogen) atoms. The van der Waals surface area contributed by atoms with E-state index in [4.69, 9.17) is 11.6 Å². The minimum Gasteiger partial charge on any atom is -0.365 e. The van der Waals surface area contributed by atoms with E-state index in [2.05, 4.69) is 10.2 Å². The Morgan fingerprint density at radius 1 is 1.45 bits per heavy atom. The maximum Gasteiger partial charge on any atom is 0.225 e. The van der Waals surface area contributed by atoms with Crippen molar-refractivity contribution in [3.8, 4) is 0 Å². The van der Waals surface area contributed by atoms with Gasteiger partial charge in [0.1, 0.15) is 0 Å². The molecule has 1 N–H and O–H groups in total. The number of hydrogen-bond donors (Lipinski definition) is 1. The summed E-state index contributed by atoms with van der Waals surface area (Å²) in [7, 11) is 0. The molecule has 1 aromatic rings. The van der Waals surface area contributed by atoms with Gasteiger partial charge in [0.05, 0.1) is 22.7 Å². The number of anilines is 1. The van der Waals surface area contributed by atoms with Crippen LogP contribution in [0.25, 0.3) is 0 Å². The van der Waals surface area contributed by atoms with Crippen LogP contribution >= 0.6 is 11.6 Å². The normalized spacial score (nSPS) is 25.3. The van der Waals surface area contributed by atoms with E-state index in [0.717, 1.165) is 25.1 Å². The smallest absolute Gasteiger partial charge is 0.225 e. The number of carbonyl (C=O) groups excluding carboxylic acids is 2. The van der Waals surface area contributed by atoms with Crippen LogP contribution in [-0.2, 0) is 4.79 Å². The number of halogens is 1. The highest BCUT2D eigenvalue weighted by Crippen LogP contribution is 2.35. The van der Waals surface area contributed by atoms with E-state index in [1.54, 1.807) is 12.1 Å². The molecule has 2 atom stereocenters. The van der Waals surface area contributed by atoms with E-state index in [-0.39, 0.29) is 23.7 Å². The van der Waals surface area contributed by atoms with Crippen LogP contribution in [0.2, 0.25) is 5.02 Å². The molecule has 106 valence electrons. The number of hydrogen-bond acceptors (Lipinski definition) is 3. The summed E-state index contributed by atoms with van der Waals surface area (Å²) in [5.74, 6) is 0.219. The minimum atomic E-state index is 0.00711. The third kappa shape index (κ3) is 2.18. The van der Waals surface area contributed by atoms with E-state index >= 15 is 0 Å². The zero-order chi connectivity index (χ0) is 14.3. The lowest BCUT2D eigenvalue weighted by Gasteiger charge is -2.38. The van der Waals surface area contributed by atoms with Crippen molar-refractivity contribution in [1.82, 2.24) is 5.32 Å². The van der Waals surface area contributed by atoms with Crippen LogP contribution < -0.4 is 10.2 Å². The van der Waals surface area contributed by atoms with E-state index in [1.807, 2.05) is 6.07 Å². The molecule has 3 rings (SSSR count). The topological polar surface area (TPSA) is 49.4 Å². The lowest BCUT2D eigenvalue weighted by Crippen LogP contribution is -2.45. The molecular formula is C15H17ClN2O2. The molecule has 5 heteroatoms. The van der Waals surface area contributed by atoms with Gasteiger partial charge in [-0.05, 0) is 38.0 Å². The fraction of sp³-hybridized carbons (Fsp3) is 0.467. The van der Waals surface area contributed by atoms with Crippen molar-refractivity contribution < 1.29 is 9.59 Å². The van der Waals surface area contributed by atoms with Crippen molar-refractivity contribution >= 4 is 29.0 Å². The zero-order valence-electron chi connectivity index (χ0n) is 11.4. The van der Waals surface area contributed by atoms with Crippen molar-refractivity contribution in [3.63, 3.8) is 0 Å². The Kier molecular flexibility index (Phi) is 3.42. The maximum absolute atomic E-state index is 11.8. The third-order valence-corrected chi connectivity index (χ3v) is 4.57. The Bertz CT molecular complexity index is 573. The fourth-order valence-corrected chi connectivity index (χ4v) is 3.50. The van der Waals surface area contributed by atoms with Crippen molar-refractivity contribution in [2.45, 2.75) is 25.8 Å². The van der Waals surface area contributed by atoms with Crippen molar-refractivity contribution in [2.75, 3.05) is 18.0 Å². The number of benzene rings is 1. The van der Waals surface area contributed by atoms with Crippen molar-refractivity contribution in [1.29, 1.82) is 0 Å². The number of ketones is 1. The maximum atomic E-state index is 11.8. The number of piperidine rings is 1. The molecule has 0 saturated carbocycles. The summed E-state index contributed by atoms with van der Waals surface area (Å²) in [6, 6.07) is 5.59. The number of nitrogens with one attached hydrogen (secondary N) is 1. The summed E-state index contributed by atoms with van der Waals surface area (Å²) >= 11 is 6.33. The van der Waals surface area contributed by atoms with Gasteiger partial charge in [0, 0.05) is 18.7 Å². The number of nitrogens with zero attached hydrogens (tertiary/aromatic N) is 1. The quantitative estimate of drug-likeness (QED) is 0.851. The first-order valence-corrected chi connectivity index (χ1v) is 7.30. The molecule has 2 aliphatic rings. The second-order valence-corrected chi connectivity index (χ2v) is 5.88. The Morgan fingerprint density at radius 3 is 2.95 bits per heavy atom. The fourth-order valence-electron chi connectivity index (χ4n) is 3.21. The molecule has 2 aliphatic heterocycles. The van der Waals surface area contributed by atoms with Gasteiger partial charge >= 0.3 is 0 Å². The molecule has 2 unspecified atom stereocenters. The summed E-state index contributed by atoms with van der Waals surface area (Å²) in [6.45, 7) is 3.10. The average molecular weight is 293 g/mol. The first-order chi connectivity index (χ1) is 9.58. The van der Waals surface area contributed by atoms with E-state index in [9.17, 15) is 9.59 Å². The molecule has 1 aromatic carbocycles. The first-order valence-electron chi connectivity index (χ1n) is 6.93. The van der Waals surface area contributed by atoms with Gasteiger partial charge in [0.25, 0.3) is 0 Å². The van der Waals surface area contributed by atoms with Gasteiger partial charge in [-0.1, -0.05) is 11.6 Å². The van der Waals surface area contributed by atoms with Gasteiger partial charge in [0.2, 0.25) is 5.91 Å². The summed E-state index contributed by atoms with van der Waals surface area (Å²) < 4.78 is 0. The van der Waals surface area contributed by atoms with Crippen molar-refractivity contribution in [3.05, 3.63) is 28.8 Å². The number of carbonyl (C=O) groups is 2. The molecule has 0 spiro atoms. The SMILES string of the molecule is CC(=O)c1ccc(N2CCCC3C(=O)NCC32)c(Cl)c1. The van der Waals surface area contributed by atoms with Gasteiger partial charge in [-0.15, -0.1) is 0 Å². The largest absolute Gasteiger partial charge is 0.365 e. The summed E-state index contributed by atoms with van der Waals surface area (Å²) in [4.78, 5) is 25.4. The van der Waals surface area contributed by atoms with Gasteiger partial charge in [-0.25, -0.2) is 0 Å². The van der Waals surface area contributed by atoms with E-state index in [0.29, 0.717) is 17.1 Å². The van der Waals surface area contributed by atoms with Gasteiger partial charge < -0.3 is 10.2 Å². The van der Waals surface area contributed by atoms with Gasteiger partial charge in [-0.3, -0.25) is 9.59 Å². The van der Waals surface area contributed by atoms with Crippen LogP contribution in [0, 0.1) is 5.92 Å². The lowest BCUT2D eigenvalue weighted by atomic mass is 9.91. The van der Waals surface area contributed by atoms with Gasteiger partial charge in [0.15, 0.2) is 5.78 Å². The number of amides is 1. The Balaban J connectivity index is 1.92. The highest BCUT2D eigenvalue weighted by molar-refractivity contribution is 6.33. The third-order valence-electron chi connectivity index (χ3n) is 4.26. The molecular weight excluding hydrogens is 276 g/mol. The minimum absolute atomic E-state index is 0.00711. The molecule has 1 amide bonds. The van der Waals surface area contributed by atoms with Crippen molar-refractivity contribution in [2.24, 2.45) is 5.92 Å². The first kappa shape index (κ1) is 13.4. The van der Waals surface area contributed by atoms with Crippen LogP contribution in [0.3, 0.4) is 0 Å². The lowest BCUT2D eigenvalue weighted by molar-refractivity contribution is -0.122. The highest BCUT2D eigenvalue weighted by atomic mass is 35.5. The second kappa shape index (κ2) is 5.09. The molecule has 2 fully saturated rings. The van der Waals surface area contributed by atoms with E-state index in [1.165, 1.54) is 6.92 Å². The highest BCUT2D eigenvalue weighted by Gasteiger charge is 2.41. The summed E-state index contributed by atoms with van der Waals surface area (Å²) in [5.41, 5.74) is 1.54. The Morgan fingerprint density at radius 2 is 2.25 bits per heavy atom. The molecule has 4 nitrogen and oxygen atoms in total. The second-order valence-electron chi connectivity index (χ2n) is 5.48. The number of rotatable bonds is 2. The molecule has 2 heterocycles. The number of Topliss-reactive ketones (excluding diaryl/α,β-unsaturated/α-hetero) is 1. The summed E-state index contributed by atoms with van der Waals surface area (Å²) in [5, 5.41) is 3.51. The van der Waals surface area contributed by atoms with Gasteiger partial charge in [-0.2, -0.15) is 0 Å². The molecule has 0 aromatic heterocycles. The molecule has 2 saturated heterocycles. The predicted molar refractivity (Wildman–Crippen MR) is 78.3 cm³/mol. The van der Waals surface area contributed by atoms with E-state index < -0.39 is 0 Å². The monoisotopic (exact) mass is 292 g/mol. The molecule has 0 radical (unpaired) electrons. The Labute approximate surface area is 123 Å². The average Bonchev–Trinajstić information content (AvgIpc) is 2.81. The molecule has 0 aliphatic carbocycles. The summed E-state index contributed by atoms with van der Waals surface area (Å²) in [6.07, 6.45) is 1.93. The van der Waals surface area contributed by atoms with Crippen LogP contribution in [-0.4, -0.2) is 30.8 Å².